The van der Waals surface area contributed by atoms with Crippen molar-refractivity contribution in [3.05, 3.63) is 35.6 Å². The molecular weight excluding hydrogens is 497 g/mol. The van der Waals surface area contributed by atoms with E-state index in [2.05, 4.69) is 10.3 Å². The van der Waals surface area contributed by atoms with Crippen LogP contribution in [0.15, 0.2) is 29.8 Å². The Hall–Kier alpha value is -3.87. The minimum Gasteiger partial charge on any atom is -0.444 e. The van der Waals surface area contributed by atoms with Gasteiger partial charge in [0.25, 0.3) is 0 Å². The molecule has 2 aliphatic heterocycles. The number of carbonyl (C=O) groups is 3. The molecule has 2 aromatic rings. The Balaban J connectivity index is 0.00000115. The monoisotopic (exact) mass is 521 g/mol. The van der Waals surface area contributed by atoms with E-state index in [0.717, 1.165) is 0 Å². The van der Waals surface area contributed by atoms with Gasteiger partial charge < -0.3 is 14.4 Å². The third kappa shape index (κ3) is 7.07. The van der Waals surface area contributed by atoms with Crippen LogP contribution < -0.4 is 15.1 Å². The Morgan fingerprint density at radius 1 is 1.28 bits per heavy atom. The molecular formula is C22H24FN5O7S. The number of benzene rings is 1. The number of thiazole rings is 1. The van der Waals surface area contributed by atoms with E-state index in [4.69, 9.17) is 19.2 Å². The number of hydrogen-bond acceptors (Lipinski definition) is 10. The molecule has 12 nitrogen and oxygen atoms in total. The van der Waals surface area contributed by atoms with E-state index in [1.165, 1.54) is 34.3 Å². The Kier molecular flexibility index (Phi) is 9.45. The highest BCUT2D eigenvalue weighted by atomic mass is 32.1. The molecule has 3 amide bonds. The van der Waals surface area contributed by atoms with Gasteiger partial charge in [-0.1, -0.05) is 0 Å². The van der Waals surface area contributed by atoms with Crippen molar-refractivity contribution in [1.29, 1.82) is 0 Å². The fraction of sp³-hybridized carbons (Fsp3) is 0.409. The molecule has 0 radical (unpaired) electrons. The second-order valence-electron chi connectivity index (χ2n) is 7.77. The van der Waals surface area contributed by atoms with Crippen LogP contribution in [-0.4, -0.2) is 73.0 Å². The maximum atomic E-state index is 15.0. The topological polar surface area (TPSA) is 138 Å². The van der Waals surface area contributed by atoms with Crippen LogP contribution in [0.5, 0.6) is 0 Å². The third-order valence-corrected chi connectivity index (χ3v) is 6.02. The predicted octanol–water partition coefficient (Wildman–Crippen LogP) is 2.68. The van der Waals surface area contributed by atoms with Crippen LogP contribution in [0.3, 0.4) is 0 Å². The highest BCUT2D eigenvalue weighted by Gasteiger charge is 2.33. The van der Waals surface area contributed by atoms with Gasteiger partial charge in [0.1, 0.15) is 17.7 Å². The lowest BCUT2D eigenvalue weighted by Crippen LogP contribution is -2.37. The molecule has 1 atom stereocenters. The second-order valence-corrected chi connectivity index (χ2v) is 8.66. The van der Waals surface area contributed by atoms with Gasteiger partial charge in [-0.25, -0.2) is 24.0 Å². The van der Waals surface area contributed by atoms with Crippen molar-refractivity contribution in [2.45, 2.75) is 25.9 Å². The average molecular weight is 522 g/mol. The number of aromatic nitrogens is 1. The van der Waals surface area contributed by atoms with Crippen molar-refractivity contribution >= 4 is 51.9 Å². The van der Waals surface area contributed by atoms with Crippen LogP contribution in [0.25, 0.3) is 0 Å². The first kappa shape index (κ1) is 26.7. The van der Waals surface area contributed by atoms with Crippen molar-refractivity contribution in [3.8, 4) is 0 Å². The number of halogens is 1. The lowest BCUT2D eigenvalue weighted by molar-refractivity contribution is -0.191. The van der Waals surface area contributed by atoms with Gasteiger partial charge in [-0.05, 0) is 31.5 Å². The number of rotatable bonds is 6. The number of nitrogens with zero attached hydrogens (tertiary/aromatic N) is 4. The minimum atomic E-state index is -0.555. The van der Waals surface area contributed by atoms with Crippen LogP contribution in [0.2, 0.25) is 0 Å². The molecule has 0 saturated carbocycles. The molecule has 1 N–H and O–H groups in total. The van der Waals surface area contributed by atoms with E-state index in [1.54, 1.807) is 28.6 Å². The molecule has 0 aliphatic carbocycles. The summed E-state index contributed by atoms with van der Waals surface area (Å²) in [6.07, 6.45) is 1.66. The number of amides is 3. The van der Waals surface area contributed by atoms with Gasteiger partial charge in [-0.3, -0.25) is 15.1 Å². The van der Waals surface area contributed by atoms with Crippen molar-refractivity contribution in [3.63, 3.8) is 0 Å². The highest BCUT2D eigenvalue weighted by Crippen LogP contribution is 2.29. The van der Waals surface area contributed by atoms with Gasteiger partial charge in [-0.15, -0.1) is 11.3 Å². The molecule has 0 bridgehead atoms. The summed E-state index contributed by atoms with van der Waals surface area (Å²) >= 11 is 1.30. The fourth-order valence-electron chi connectivity index (χ4n) is 3.66. The Labute approximate surface area is 209 Å². The van der Waals surface area contributed by atoms with Crippen molar-refractivity contribution < 1.29 is 37.9 Å². The van der Waals surface area contributed by atoms with Gasteiger partial charge >= 0.3 is 18.3 Å². The molecule has 2 saturated heterocycles. The zero-order chi connectivity index (χ0) is 26.1. The SMILES string of the molecule is CC(=O)CC[C@H]1CN(c2ccc(N3CCON(C(=O)Nc4nccs4)CC3)c(F)c2)C(=O)O1.O=C=O. The number of cyclic esters (lactones) is 1. The summed E-state index contributed by atoms with van der Waals surface area (Å²) in [6.45, 7) is 2.93. The number of nitrogens with one attached hydrogen (secondary N) is 1. The molecule has 2 aliphatic rings. The zero-order valence-corrected chi connectivity index (χ0v) is 20.2. The summed E-state index contributed by atoms with van der Waals surface area (Å²) in [5.41, 5.74) is 0.743. The Bertz CT molecular complexity index is 1110. The summed E-state index contributed by atoms with van der Waals surface area (Å²) in [4.78, 5) is 64.7. The lowest BCUT2D eigenvalue weighted by Gasteiger charge is -2.23. The van der Waals surface area contributed by atoms with Crippen molar-refractivity contribution in [2.24, 2.45) is 0 Å². The smallest absolute Gasteiger partial charge is 0.414 e. The van der Waals surface area contributed by atoms with Gasteiger partial charge in [0, 0.05) is 31.1 Å². The van der Waals surface area contributed by atoms with E-state index in [-0.39, 0.29) is 31.6 Å². The molecule has 3 heterocycles. The van der Waals surface area contributed by atoms with Crippen LogP contribution in [-0.2, 0) is 24.0 Å². The molecule has 36 heavy (non-hydrogen) atoms. The summed E-state index contributed by atoms with van der Waals surface area (Å²) in [5.74, 6) is -0.464. The Morgan fingerprint density at radius 3 is 2.72 bits per heavy atom. The van der Waals surface area contributed by atoms with Crippen molar-refractivity contribution in [1.82, 2.24) is 10.0 Å². The molecule has 1 aromatic heterocycles. The number of anilines is 3. The summed E-state index contributed by atoms with van der Waals surface area (Å²) in [6, 6.07) is 4.12. The second kappa shape index (κ2) is 12.7. The van der Waals surface area contributed by atoms with Gasteiger partial charge in [0.05, 0.1) is 31.1 Å². The first-order chi connectivity index (χ1) is 17.3. The molecule has 4 rings (SSSR count). The van der Waals surface area contributed by atoms with Crippen LogP contribution in [0.1, 0.15) is 19.8 Å². The summed E-state index contributed by atoms with van der Waals surface area (Å²) in [7, 11) is 0. The zero-order valence-electron chi connectivity index (χ0n) is 19.3. The molecule has 2 fully saturated rings. The first-order valence-electron chi connectivity index (χ1n) is 10.9. The minimum absolute atomic E-state index is 0.0283. The molecule has 0 unspecified atom stereocenters. The van der Waals surface area contributed by atoms with Gasteiger partial charge in [0.2, 0.25) is 0 Å². The summed E-state index contributed by atoms with van der Waals surface area (Å²) < 4.78 is 20.3. The average Bonchev–Trinajstić information content (AvgIpc) is 3.41. The number of urea groups is 1. The fourth-order valence-corrected chi connectivity index (χ4v) is 4.17. The quantitative estimate of drug-likeness (QED) is 0.608. The number of Topliss-reactive ketones (excluding diaryl/α,β-unsaturated/α-hetero) is 1. The van der Waals surface area contributed by atoms with Crippen LogP contribution >= 0.6 is 11.3 Å². The van der Waals surface area contributed by atoms with Gasteiger partial charge in [0.15, 0.2) is 5.13 Å². The maximum absolute atomic E-state index is 15.0. The lowest BCUT2D eigenvalue weighted by atomic mass is 10.1. The van der Waals surface area contributed by atoms with E-state index >= 15 is 4.39 Å². The third-order valence-electron chi connectivity index (χ3n) is 5.33. The number of ketones is 1. The highest BCUT2D eigenvalue weighted by molar-refractivity contribution is 7.13. The number of hydroxylamine groups is 2. The van der Waals surface area contributed by atoms with E-state index in [9.17, 15) is 14.4 Å². The standard InChI is InChI=1S/C21H24FN5O5S.CO2/c1-14(28)2-4-16-13-26(21(30)32-16)15-3-5-18(17(22)12-15)25-7-8-27(31-10-9-25)20(29)24-19-23-6-11-33-19;2-1-3/h3,5-6,11-12,16H,2,4,7-10,13H2,1H3,(H,23,24,29);/t16-;/m0./s1. The van der Waals surface area contributed by atoms with E-state index < -0.39 is 24.0 Å². The maximum Gasteiger partial charge on any atom is 0.414 e. The van der Waals surface area contributed by atoms with Crippen LogP contribution in [0.4, 0.5) is 30.5 Å². The molecule has 0 spiro atoms. The predicted molar refractivity (Wildman–Crippen MR) is 125 cm³/mol. The largest absolute Gasteiger partial charge is 0.444 e. The van der Waals surface area contributed by atoms with Crippen LogP contribution in [0, 0.1) is 5.82 Å². The number of hydrogen-bond donors (Lipinski definition) is 1. The number of carbonyl (C=O) groups excluding carboxylic acids is 5. The van der Waals surface area contributed by atoms with Gasteiger partial charge in [-0.2, -0.15) is 9.59 Å². The normalized spacial score (nSPS) is 17.4. The molecule has 14 heteroatoms. The summed E-state index contributed by atoms with van der Waals surface area (Å²) in [5, 5.41) is 6.08. The van der Waals surface area contributed by atoms with Crippen molar-refractivity contribution in [2.75, 3.05) is 47.9 Å². The number of ether oxygens (including phenoxy) is 1. The Morgan fingerprint density at radius 2 is 2.06 bits per heavy atom. The molecule has 1 aromatic carbocycles. The van der Waals surface area contributed by atoms with E-state index in [0.29, 0.717) is 42.4 Å². The molecule has 192 valence electrons. The first-order valence-corrected chi connectivity index (χ1v) is 11.8. The van der Waals surface area contributed by atoms with E-state index in [1.807, 2.05) is 0 Å².